The minimum atomic E-state index is -1.11. The van der Waals surface area contributed by atoms with Gasteiger partial charge >= 0.3 is 0 Å². The predicted molar refractivity (Wildman–Crippen MR) is 73.9 cm³/mol. The van der Waals surface area contributed by atoms with E-state index < -0.39 is 11.7 Å². The number of amides is 1. The number of nitrogens with zero attached hydrogens (tertiary/aromatic N) is 1. The molecule has 1 fully saturated rings. The molecule has 20 heavy (non-hydrogen) atoms. The number of aliphatic hydroxyl groups is 2. The zero-order valence-electron chi connectivity index (χ0n) is 11.7. The van der Waals surface area contributed by atoms with Crippen LogP contribution in [0.15, 0.2) is 30.3 Å². The second-order valence-corrected chi connectivity index (χ2v) is 5.44. The van der Waals surface area contributed by atoms with Crippen LogP contribution in [0.25, 0.3) is 0 Å². The van der Waals surface area contributed by atoms with Crippen molar-refractivity contribution in [3.05, 3.63) is 35.9 Å². The fourth-order valence-corrected chi connectivity index (χ4v) is 2.17. The lowest BCUT2D eigenvalue weighted by atomic mass is 9.91. The average molecular weight is 279 g/mol. The molecule has 5 heteroatoms. The zero-order valence-corrected chi connectivity index (χ0v) is 11.7. The molecule has 0 spiro atoms. The topological polar surface area (TPSA) is 70.0 Å². The molecule has 0 radical (unpaired) electrons. The third-order valence-corrected chi connectivity index (χ3v) is 3.69. The van der Waals surface area contributed by atoms with Crippen molar-refractivity contribution in [3.63, 3.8) is 0 Å². The van der Waals surface area contributed by atoms with E-state index in [1.54, 1.807) is 6.92 Å². The van der Waals surface area contributed by atoms with Gasteiger partial charge in [-0.2, -0.15) is 0 Å². The highest BCUT2D eigenvalue weighted by molar-refractivity contribution is 5.77. The summed E-state index contributed by atoms with van der Waals surface area (Å²) in [5.41, 5.74) is -0.0938. The molecule has 1 aromatic rings. The average Bonchev–Trinajstić information content (AvgIpc) is 2.43. The molecule has 2 N–H and O–H groups in total. The number of β-amino-alcohol motifs (C(OH)–C–C–N with tert-alkyl or cyclic N) is 1. The SMILES string of the molecule is C[C@@]1(O)CCN(C(=O)COCc2ccccc2)C[C@@H]1O. The Morgan fingerprint density at radius 2 is 2.15 bits per heavy atom. The number of benzene rings is 1. The van der Waals surface area contributed by atoms with Gasteiger partial charge in [-0.1, -0.05) is 30.3 Å². The van der Waals surface area contributed by atoms with Gasteiger partial charge < -0.3 is 19.8 Å². The molecule has 1 aliphatic rings. The molecule has 0 aliphatic carbocycles. The van der Waals surface area contributed by atoms with Crippen molar-refractivity contribution in [1.29, 1.82) is 0 Å². The van der Waals surface area contributed by atoms with Gasteiger partial charge in [-0.15, -0.1) is 0 Å². The first-order valence-corrected chi connectivity index (χ1v) is 6.79. The van der Waals surface area contributed by atoms with E-state index in [1.165, 1.54) is 4.90 Å². The lowest BCUT2D eigenvalue weighted by Gasteiger charge is -2.39. The van der Waals surface area contributed by atoms with Gasteiger partial charge in [0.2, 0.25) is 5.91 Å². The minimum Gasteiger partial charge on any atom is -0.388 e. The van der Waals surface area contributed by atoms with Gasteiger partial charge in [0.25, 0.3) is 0 Å². The summed E-state index contributed by atoms with van der Waals surface area (Å²) in [4.78, 5) is 13.5. The van der Waals surface area contributed by atoms with Crippen molar-refractivity contribution in [1.82, 2.24) is 4.90 Å². The lowest BCUT2D eigenvalue weighted by Crippen LogP contribution is -2.55. The lowest BCUT2D eigenvalue weighted by molar-refractivity contribution is -0.150. The van der Waals surface area contributed by atoms with Gasteiger partial charge in [0.15, 0.2) is 0 Å². The Kier molecular flexibility index (Phi) is 4.75. The summed E-state index contributed by atoms with van der Waals surface area (Å²) < 4.78 is 5.39. The molecule has 0 saturated carbocycles. The monoisotopic (exact) mass is 279 g/mol. The number of likely N-dealkylation sites (tertiary alicyclic amines) is 1. The molecule has 2 rings (SSSR count). The summed E-state index contributed by atoms with van der Waals surface area (Å²) >= 11 is 0. The number of carbonyl (C=O) groups excluding carboxylic acids is 1. The van der Waals surface area contributed by atoms with Gasteiger partial charge in [-0.05, 0) is 18.9 Å². The van der Waals surface area contributed by atoms with Crippen LogP contribution in [-0.4, -0.2) is 52.4 Å². The second kappa shape index (κ2) is 6.35. The van der Waals surface area contributed by atoms with E-state index in [4.69, 9.17) is 4.74 Å². The molecule has 0 bridgehead atoms. The van der Waals surface area contributed by atoms with Crippen LogP contribution in [0.2, 0.25) is 0 Å². The molecular weight excluding hydrogens is 258 g/mol. The van der Waals surface area contributed by atoms with Crippen LogP contribution in [0.5, 0.6) is 0 Å². The number of piperidine rings is 1. The maximum Gasteiger partial charge on any atom is 0.248 e. The molecule has 1 aromatic carbocycles. The van der Waals surface area contributed by atoms with Crippen LogP contribution in [-0.2, 0) is 16.1 Å². The minimum absolute atomic E-state index is 0.0102. The van der Waals surface area contributed by atoms with Crippen molar-refractivity contribution in [2.24, 2.45) is 0 Å². The molecule has 0 aromatic heterocycles. The fourth-order valence-electron chi connectivity index (χ4n) is 2.17. The summed E-state index contributed by atoms with van der Waals surface area (Å²) in [5.74, 6) is -0.157. The summed E-state index contributed by atoms with van der Waals surface area (Å²) in [7, 11) is 0. The Morgan fingerprint density at radius 3 is 2.80 bits per heavy atom. The van der Waals surface area contributed by atoms with E-state index in [2.05, 4.69) is 0 Å². The molecule has 0 unspecified atom stereocenters. The van der Waals surface area contributed by atoms with Crippen LogP contribution < -0.4 is 0 Å². The maximum absolute atomic E-state index is 12.0. The summed E-state index contributed by atoms with van der Waals surface area (Å²) in [6.07, 6.45) is -0.534. The van der Waals surface area contributed by atoms with Gasteiger partial charge in [0.1, 0.15) is 6.61 Å². The van der Waals surface area contributed by atoms with Crippen molar-refractivity contribution >= 4 is 5.91 Å². The summed E-state index contributed by atoms with van der Waals surface area (Å²) in [6.45, 7) is 2.56. The molecule has 110 valence electrons. The van der Waals surface area contributed by atoms with E-state index in [0.29, 0.717) is 19.6 Å². The van der Waals surface area contributed by atoms with Gasteiger partial charge in [0, 0.05) is 13.1 Å². The molecular formula is C15H21NO4. The molecule has 1 aliphatic heterocycles. The number of hydrogen-bond acceptors (Lipinski definition) is 4. The normalized spacial score (nSPS) is 26.6. The van der Waals surface area contributed by atoms with E-state index in [9.17, 15) is 15.0 Å². The first kappa shape index (κ1) is 15.0. The third-order valence-electron chi connectivity index (χ3n) is 3.69. The van der Waals surface area contributed by atoms with Gasteiger partial charge in [0.05, 0.1) is 18.3 Å². The van der Waals surface area contributed by atoms with E-state index in [1.807, 2.05) is 30.3 Å². The second-order valence-electron chi connectivity index (χ2n) is 5.44. The largest absolute Gasteiger partial charge is 0.388 e. The van der Waals surface area contributed by atoms with Crippen LogP contribution >= 0.6 is 0 Å². The molecule has 1 amide bonds. The highest BCUT2D eigenvalue weighted by Crippen LogP contribution is 2.21. The Morgan fingerprint density at radius 1 is 1.45 bits per heavy atom. The fraction of sp³-hybridized carbons (Fsp3) is 0.533. The van der Waals surface area contributed by atoms with E-state index in [0.717, 1.165) is 5.56 Å². The van der Waals surface area contributed by atoms with Crippen LogP contribution in [0.1, 0.15) is 18.9 Å². The zero-order chi connectivity index (χ0) is 14.6. The van der Waals surface area contributed by atoms with Crippen LogP contribution in [0.4, 0.5) is 0 Å². The van der Waals surface area contributed by atoms with Crippen molar-refractivity contribution in [2.75, 3.05) is 19.7 Å². The first-order valence-electron chi connectivity index (χ1n) is 6.79. The van der Waals surface area contributed by atoms with E-state index in [-0.39, 0.29) is 19.1 Å². The first-order chi connectivity index (χ1) is 9.49. The number of aliphatic hydroxyl groups excluding tert-OH is 1. The number of hydrogen-bond donors (Lipinski definition) is 2. The summed E-state index contributed by atoms with van der Waals surface area (Å²) in [6, 6.07) is 9.64. The molecule has 2 atom stereocenters. The third kappa shape index (κ3) is 3.79. The van der Waals surface area contributed by atoms with Gasteiger partial charge in [-0.25, -0.2) is 0 Å². The number of rotatable bonds is 4. The standard InChI is InChI=1S/C15H21NO4/c1-15(19)7-8-16(9-13(15)17)14(18)11-20-10-12-5-3-2-4-6-12/h2-6,13,17,19H,7-11H2,1H3/t13-,15+/m0/s1. The Hall–Kier alpha value is -1.43. The summed E-state index contributed by atoms with van der Waals surface area (Å²) in [5, 5.41) is 19.6. The Bertz CT molecular complexity index is 446. The van der Waals surface area contributed by atoms with Crippen molar-refractivity contribution < 1.29 is 19.7 Å². The van der Waals surface area contributed by atoms with Gasteiger partial charge in [-0.3, -0.25) is 4.79 Å². The maximum atomic E-state index is 12.0. The highest BCUT2D eigenvalue weighted by Gasteiger charge is 2.37. The van der Waals surface area contributed by atoms with Crippen molar-refractivity contribution in [3.8, 4) is 0 Å². The predicted octanol–water partition coefficient (Wildman–Crippen LogP) is 0.547. The molecule has 1 heterocycles. The molecule has 1 saturated heterocycles. The highest BCUT2D eigenvalue weighted by atomic mass is 16.5. The van der Waals surface area contributed by atoms with Crippen LogP contribution in [0.3, 0.4) is 0 Å². The molecule has 5 nitrogen and oxygen atoms in total. The number of carbonyl (C=O) groups is 1. The number of ether oxygens (including phenoxy) is 1. The van der Waals surface area contributed by atoms with Crippen molar-refractivity contribution in [2.45, 2.75) is 31.7 Å². The van der Waals surface area contributed by atoms with E-state index >= 15 is 0 Å². The Labute approximate surface area is 118 Å². The van der Waals surface area contributed by atoms with Crippen LogP contribution in [0, 0.1) is 0 Å². The quantitative estimate of drug-likeness (QED) is 0.844. The smallest absolute Gasteiger partial charge is 0.248 e. The Balaban J connectivity index is 1.76.